The van der Waals surface area contributed by atoms with Crippen LogP contribution < -0.4 is 10.6 Å². The molecular weight excluding hydrogens is 325 g/mol. The fourth-order valence-corrected chi connectivity index (χ4v) is 3.58. The molecule has 0 unspecified atom stereocenters. The van der Waals surface area contributed by atoms with Crippen molar-refractivity contribution >= 4 is 11.4 Å². The van der Waals surface area contributed by atoms with Gasteiger partial charge in [0.1, 0.15) is 5.82 Å². The van der Waals surface area contributed by atoms with Crippen molar-refractivity contribution in [1.29, 1.82) is 0 Å². The lowest BCUT2D eigenvalue weighted by atomic mass is 9.96. The number of piperidine rings is 1. The maximum Gasteiger partial charge on any atom is 0.123 e. The second kappa shape index (κ2) is 9.58. The van der Waals surface area contributed by atoms with Crippen LogP contribution in [0.25, 0.3) is 0 Å². The molecule has 4 heteroatoms. The van der Waals surface area contributed by atoms with E-state index in [1.165, 1.54) is 68.0 Å². The van der Waals surface area contributed by atoms with E-state index >= 15 is 0 Å². The lowest BCUT2D eigenvalue weighted by molar-refractivity contribution is 0.198. The third kappa shape index (κ3) is 5.46. The molecule has 2 heterocycles. The van der Waals surface area contributed by atoms with Crippen molar-refractivity contribution < 1.29 is 4.39 Å². The highest BCUT2D eigenvalue weighted by molar-refractivity contribution is 5.63. The first-order valence-corrected chi connectivity index (χ1v) is 9.78. The molecule has 0 aromatic heterocycles. The Bertz CT molecular complexity index is 666. The van der Waals surface area contributed by atoms with E-state index < -0.39 is 0 Å². The van der Waals surface area contributed by atoms with Crippen LogP contribution in [-0.2, 0) is 6.42 Å². The van der Waals surface area contributed by atoms with Gasteiger partial charge < -0.3 is 15.5 Å². The van der Waals surface area contributed by atoms with Crippen LogP contribution in [0.15, 0.2) is 48.5 Å². The van der Waals surface area contributed by atoms with Crippen molar-refractivity contribution in [2.75, 3.05) is 43.4 Å². The summed E-state index contributed by atoms with van der Waals surface area (Å²) < 4.78 is 11.9. The van der Waals surface area contributed by atoms with E-state index in [1.54, 1.807) is 18.2 Å². The fraction of sp³-hybridized carbons (Fsp3) is 0.455. The minimum Gasteiger partial charge on any atom is -0.385 e. The van der Waals surface area contributed by atoms with Crippen molar-refractivity contribution in [2.45, 2.75) is 26.2 Å². The van der Waals surface area contributed by atoms with Gasteiger partial charge in [-0.3, -0.25) is 0 Å². The molecule has 0 aliphatic carbocycles. The predicted molar refractivity (Wildman–Crippen MR) is 108 cm³/mol. The zero-order valence-corrected chi connectivity index (χ0v) is 15.7. The molecule has 2 aromatic rings. The lowest BCUT2D eigenvalue weighted by Gasteiger charge is -2.31. The molecule has 0 atom stereocenters. The van der Waals surface area contributed by atoms with Crippen molar-refractivity contribution in [2.24, 2.45) is 5.92 Å². The van der Waals surface area contributed by atoms with Gasteiger partial charge in [-0.15, -0.1) is 0 Å². The van der Waals surface area contributed by atoms with Crippen molar-refractivity contribution in [1.82, 2.24) is 4.90 Å². The lowest BCUT2D eigenvalue weighted by Crippen LogP contribution is -2.35. The summed E-state index contributed by atoms with van der Waals surface area (Å²) in [5.41, 5.74) is 4.05. The highest BCUT2D eigenvalue weighted by Crippen LogP contribution is 2.26. The summed E-state index contributed by atoms with van der Waals surface area (Å²) in [6.07, 6.45) is 3.85. The topological polar surface area (TPSA) is 27.3 Å². The van der Waals surface area contributed by atoms with E-state index in [4.69, 9.17) is 0 Å². The van der Waals surface area contributed by atoms with Gasteiger partial charge in [0.15, 0.2) is 0 Å². The van der Waals surface area contributed by atoms with E-state index in [2.05, 4.69) is 40.7 Å². The number of fused-ring (bicyclic) bond motifs is 1. The average molecular weight is 356 g/mol. The number of hydrogen-bond donors (Lipinski definition) is 2. The molecule has 0 spiro atoms. The van der Waals surface area contributed by atoms with Gasteiger partial charge in [0, 0.05) is 24.5 Å². The summed E-state index contributed by atoms with van der Waals surface area (Å²) in [6, 6.07) is 14.7. The highest BCUT2D eigenvalue weighted by atomic mass is 19.1. The molecule has 2 N–H and O–H groups in total. The number of halogens is 1. The van der Waals surface area contributed by atoms with Crippen LogP contribution in [0.2, 0.25) is 0 Å². The maximum atomic E-state index is 11.9. The number of likely N-dealkylation sites (tertiary alicyclic amines) is 1. The Labute approximate surface area is 156 Å². The van der Waals surface area contributed by atoms with Crippen LogP contribution in [0.3, 0.4) is 0 Å². The minimum absolute atomic E-state index is 0.178. The molecule has 3 nitrogen and oxygen atoms in total. The first-order chi connectivity index (χ1) is 12.7. The first-order valence-electron chi connectivity index (χ1n) is 9.78. The molecule has 0 bridgehead atoms. The van der Waals surface area contributed by atoms with Gasteiger partial charge in [0.25, 0.3) is 0 Å². The maximum absolute atomic E-state index is 11.9. The second-order valence-corrected chi connectivity index (χ2v) is 7.10. The Balaban J connectivity index is 0.000000236. The van der Waals surface area contributed by atoms with Gasteiger partial charge in [-0.2, -0.15) is 0 Å². The quantitative estimate of drug-likeness (QED) is 0.838. The van der Waals surface area contributed by atoms with Crippen molar-refractivity contribution in [3.8, 4) is 0 Å². The zero-order valence-electron chi connectivity index (χ0n) is 15.7. The molecule has 26 heavy (non-hydrogen) atoms. The second-order valence-electron chi connectivity index (χ2n) is 7.10. The summed E-state index contributed by atoms with van der Waals surface area (Å²) >= 11 is 0. The minimum atomic E-state index is -0.178. The van der Waals surface area contributed by atoms with Crippen molar-refractivity contribution in [3.05, 3.63) is 59.9 Å². The monoisotopic (exact) mass is 355 g/mol. The molecule has 0 amide bonds. The van der Waals surface area contributed by atoms with Crippen LogP contribution in [0.4, 0.5) is 15.8 Å². The molecule has 1 fully saturated rings. The third-order valence-electron chi connectivity index (χ3n) is 5.30. The fourth-order valence-electron chi connectivity index (χ4n) is 3.58. The van der Waals surface area contributed by atoms with Crippen molar-refractivity contribution in [3.63, 3.8) is 0 Å². The summed E-state index contributed by atoms with van der Waals surface area (Å²) in [7, 11) is 0. The van der Waals surface area contributed by atoms with Gasteiger partial charge in [-0.25, -0.2) is 4.39 Å². The highest BCUT2D eigenvalue weighted by Gasteiger charge is 2.18. The number of hydrogen-bond acceptors (Lipinski definition) is 3. The molecular formula is C22H30FN3. The molecule has 140 valence electrons. The molecule has 1 saturated heterocycles. The zero-order chi connectivity index (χ0) is 18.2. The molecule has 0 radical (unpaired) electrons. The summed E-state index contributed by atoms with van der Waals surface area (Å²) in [5, 5.41) is 7.06. The predicted octanol–water partition coefficient (Wildman–Crippen LogP) is 4.62. The normalized spacial score (nSPS) is 17.0. The molecule has 2 aromatic carbocycles. The molecule has 0 saturated carbocycles. The van der Waals surface area contributed by atoms with Crippen LogP contribution in [0.1, 0.15) is 25.3 Å². The summed E-state index contributed by atoms with van der Waals surface area (Å²) in [4.78, 5) is 2.55. The summed E-state index contributed by atoms with van der Waals surface area (Å²) in [5.74, 6) is 0.659. The van der Waals surface area contributed by atoms with Gasteiger partial charge in [0.2, 0.25) is 0 Å². The van der Waals surface area contributed by atoms with Crippen LogP contribution >= 0.6 is 0 Å². The number of nitrogens with zero attached hydrogens (tertiary/aromatic N) is 1. The van der Waals surface area contributed by atoms with E-state index in [-0.39, 0.29) is 5.82 Å². The van der Waals surface area contributed by atoms with E-state index in [1.807, 2.05) is 0 Å². The van der Waals surface area contributed by atoms with Gasteiger partial charge in [-0.1, -0.05) is 31.2 Å². The Kier molecular flexibility index (Phi) is 6.89. The van der Waals surface area contributed by atoms with E-state index in [9.17, 15) is 4.39 Å². The third-order valence-corrected chi connectivity index (χ3v) is 5.30. The Morgan fingerprint density at radius 1 is 1.12 bits per heavy atom. The van der Waals surface area contributed by atoms with Gasteiger partial charge in [-0.05, 0) is 74.6 Å². The largest absolute Gasteiger partial charge is 0.385 e. The molecule has 2 aliphatic heterocycles. The Morgan fingerprint density at radius 2 is 1.88 bits per heavy atom. The standard InChI is InChI=1S/C16H25N3.C6H5F/c1-2-19-9-6-13(7-10-19)12-18-15-4-3-14-5-8-17-16(14)11-15;7-6-4-2-1-3-5-6/h3-4,11,13,17-18H,2,5-10,12H2,1H3;1-5H. The van der Waals surface area contributed by atoms with Crippen LogP contribution in [-0.4, -0.2) is 37.6 Å². The number of nitrogens with one attached hydrogen (secondary N) is 2. The van der Waals surface area contributed by atoms with Gasteiger partial charge >= 0.3 is 0 Å². The Hall–Kier alpha value is -2.07. The average Bonchev–Trinajstić information content (AvgIpc) is 3.16. The first kappa shape index (κ1) is 18.7. The van der Waals surface area contributed by atoms with E-state index in [0.29, 0.717) is 0 Å². The van der Waals surface area contributed by atoms with Crippen LogP contribution in [0, 0.1) is 11.7 Å². The number of rotatable bonds is 4. The van der Waals surface area contributed by atoms with Gasteiger partial charge in [0.05, 0.1) is 0 Å². The molecule has 4 rings (SSSR count). The number of anilines is 2. The smallest absolute Gasteiger partial charge is 0.123 e. The SMILES string of the molecule is CCN1CCC(CNc2ccc3c(c2)NCC3)CC1.Fc1ccccc1. The summed E-state index contributed by atoms with van der Waals surface area (Å²) in [6.45, 7) is 8.22. The Morgan fingerprint density at radius 3 is 2.54 bits per heavy atom. The van der Waals surface area contributed by atoms with E-state index in [0.717, 1.165) is 19.0 Å². The number of benzene rings is 2. The molecule has 2 aliphatic rings. The van der Waals surface area contributed by atoms with Crippen LogP contribution in [0.5, 0.6) is 0 Å².